The van der Waals surface area contributed by atoms with Crippen molar-refractivity contribution in [3.05, 3.63) is 65.1 Å². The number of hydrogen-bond acceptors (Lipinski definition) is 5. The van der Waals surface area contributed by atoms with Gasteiger partial charge in [0.2, 0.25) is 0 Å². The van der Waals surface area contributed by atoms with E-state index in [1.165, 1.54) is 0 Å². The molecule has 122 valence electrons. The van der Waals surface area contributed by atoms with Gasteiger partial charge in [0.1, 0.15) is 22.4 Å². The van der Waals surface area contributed by atoms with Crippen molar-refractivity contribution in [3.8, 4) is 17.0 Å². The summed E-state index contributed by atoms with van der Waals surface area (Å²) in [7, 11) is 1.61. The van der Waals surface area contributed by atoms with Crippen molar-refractivity contribution < 1.29 is 14.1 Å². The summed E-state index contributed by atoms with van der Waals surface area (Å²) >= 11 is 5.94. The third-order valence-corrected chi connectivity index (χ3v) is 3.90. The molecule has 0 saturated carbocycles. The molecule has 0 fully saturated rings. The number of halogens is 1. The van der Waals surface area contributed by atoms with Gasteiger partial charge in [-0.25, -0.2) is 4.98 Å². The number of Topliss-reactive ketones (excluding diaryl/α,β-unsaturated/α-hetero) is 1. The van der Waals surface area contributed by atoms with E-state index in [1.54, 1.807) is 25.4 Å². The maximum absolute atomic E-state index is 12.2. The van der Waals surface area contributed by atoms with Gasteiger partial charge in [-0.15, -0.1) is 0 Å². The van der Waals surface area contributed by atoms with Crippen molar-refractivity contribution in [1.29, 1.82) is 0 Å². The molecule has 0 bridgehead atoms. The van der Waals surface area contributed by atoms with E-state index in [0.29, 0.717) is 23.4 Å². The molecule has 2 heterocycles. The Morgan fingerprint density at radius 3 is 2.88 bits per heavy atom. The molecule has 6 heteroatoms. The summed E-state index contributed by atoms with van der Waals surface area (Å²) in [5, 5.41) is 4.28. The zero-order chi connectivity index (χ0) is 16.9. The predicted molar refractivity (Wildman–Crippen MR) is 90.4 cm³/mol. The largest absolute Gasteiger partial charge is 0.496 e. The number of carbonyl (C=O) groups excluding carboxylic acids is 1. The normalized spacial score (nSPS) is 10.6. The third-order valence-electron chi connectivity index (χ3n) is 3.60. The van der Waals surface area contributed by atoms with Crippen molar-refractivity contribution in [1.82, 2.24) is 10.1 Å². The van der Waals surface area contributed by atoms with Crippen LogP contribution in [0, 0.1) is 0 Å². The number of rotatable bonds is 6. The minimum absolute atomic E-state index is 0.0802. The number of aromatic nitrogens is 2. The minimum Gasteiger partial charge on any atom is -0.496 e. The molecule has 0 unspecified atom stereocenters. The highest BCUT2D eigenvalue weighted by Crippen LogP contribution is 2.29. The average Bonchev–Trinajstić information content (AvgIpc) is 3.09. The highest BCUT2D eigenvalue weighted by atomic mass is 35.5. The molecule has 3 rings (SSSR count). The van der Waals surface area contributed by atoms with Gasteiger partial charge < -0.3 is 9.26 Å². The summed E-state index contributed by atoms with van der Waals surface area (Å²) < 4.78 is 10.6. The SMILES string of the molecule is COc1ccccc1-c1cc(CCC(=O)c2cccnc2Cl)on1. The number of ether oxygens (including phenoxy) is 1. The van der Waals surface area contributed by atoms with E-state index in [9.17, 15) is 4.79 Å². The van der Waals surface area contributed by atoms with Crippen LogP contribution in [0.2, 0.25) is 5.15 Å². The highest BCUT2D eigenvalue weighted by Gasteiger charge is 2.14. The highest BCUT2D eigenvalue weighted by molar-refractivity contribution is 6.32. The standard InChI is InChI=1S/C18H15ClN2O3/c1-23-17-7-3-2-5-13(17)15-11-12(24-21-15)8-9-16(22)14-6-4-10-20-18(14)19/h2-7,10-11H,8-9H2,1H3. The Balaban J connectivity index is 1.71. The van der Waals surface area contributed by atoms with Crippen LogP contribution < -0.4 is 4.74 Å². The third kappa shape index (κ3) is 3.46. The number of aryl methyl sites for hydroxylation is 1. The molecule has 1 aromatic carbocycles. The van der Waals surface area contributed by atoms with Crippen molar-refractivity contribution in [2.45, 2.75) is 12.8 Å². The number of benzene rings is 1. The fourth-order valence-electron chi connectivity index (χ4n) is 2.38. The van der Waals surface area contributed by atoms with Gasteiger partial charge in [-0.1, -0.05) is 28.9 Å². The van der Waals surface area contributed by atoms with Crippen LogP contribution in [0.15, 0.2) is 53.2 Å². The first kappa shape index (κ1) is 16.2. The molecular weight excluding hydrogens is 328 g/mol. The first-order valence-electron chi connectivity index (χ1n) is 7.41. The number of nitrogens with zero attached hydrogens (tertiary/aromatic N) is 2. The van der Waals surface area contributed by atoms with E-state index >= 15 is 0 Å². The molecule has 24 heavy (non-hydrogen) atoms. The Morgan fingerprint density at radius 2 is 2.08 bits per heavy atom. The summed E-state index contributed by atoms with van der Waals surface area (Å²) in [5.74, 6) is 1.27. The van der Waals surface area contributed by atoms with E-state index in [0.717, 1.165) is 11.3 Å². The number of hydrogen-bond donors (Lipinski definition) is 0. The van der Waals surface area contributed by atoms with Gasteiger partial charge in [0, 0.05) is 30.7 Å². The van der Waals surface area contributed by atoms with E-state index in [2.05, 4.69) is 10.1 Å². The lowest BCUT2D eigenvalue weighted by molar-refractivity contribution is 0.0980. The molecule has 0 radical (unpaired) electrons. The Bertz CT molecular complexity index is 861. The molecule has 2 aromatic heterocycles. The molecule has 5 nitrogen and oxygen atoms in total. The van der Waals surface area contributed by atoms with Crippen molar-refractivity contribution >= 4 is 17.4 Å². The number of pyridine rings is 1. The van der Waals surface area contributed by atoms with Crippen LogP contribution in [-0.2, 0) is 6.42 Å². The van der Waals surface area contributed by atoms with Crippen molar-refractivity contribution in [3.63, 3.8) is 0 Å². The zero-order valence-electron chi connectivity index (χ0n) is 13.0. The van der Waals surface area contributed by atoms with Crippen LogP contribution in [0.4, 0.5) is 0 Å². The van der Waals surface area contributed by atoms with Crippen LogP contribution in [0.5, 0.6) is 5.75 Å². The number of ketones is 1. The fraction of sp³-hybridized carbons (Fsp3) is 0.167. The average molecular weight is 343 g/mol. The van der Waals surface area contributed by atoms with Gasteiger partial charge in [-0.3, -0.25) is 4.79 Å². The molecular formula is C18H15ClN2O3. The topological polar surface area (TPSA) is 65.2 Å². The van der Waals surface area contributed by atoms with Crippen LogP contribution >= 0.6 is 11.6 Å². The molecule has 0 aliphatic carbocycles. The predicted octanol–water partition coefficient (Wildman–Crippen LogP) is 4.21. The molecule has 0 atom stereocenters. The molecule has 3 aromatic rings. The zero-order valence-corrected chi connectivity index (χ0v) is 13.8. The van der Waals surface area contributed by atoms with Crippen LogP contribution in [0.25, 0.3) is 11.3 Å². The van der Waals surface area contributed by atoms with Gasteiger partial charge in [0.15, 0.2) is 5.78 Å². The smallest absolute Gasteiger partial charge is 0.166 e. The quantitative estimate of drug-likeness (QED) is 0.496. The number of carbonyl (C=O) groups is 1. The van der Waals surface area contributed by atoms with E-state index < -0.39 is 0 Å². The van der Waals surface area contributed by atoms with Gasteiger partial charge in [0.25, 0.3) is 0 Å². The summed E-state index contributed by atoms with van der Waals surface area (Å²) in [6, 6.07) is 12.7. The first-order valence-corrected chi connectivity index (χ1v) is 7.79. The van der Waals surface area contributed by atoms with Gasteiger partial charge in [-0.05, 0) is 24.3 Å². The number of methoxy groups -OCH3 is 1. The Labute approximate surface area is 144 Å². The summed E-state index contributed by atoms with van der Waals surface area (Å²) in [6.45, 7) is 0. The first-order chi connectivity index (χ1) is 11.7. The Hall–Kier alpha value is -2.66. The molecule has 0 saturated heterocycles. The van der Waals surface area contributed by atoms with Crippen molar-refractivity contribution in [2.75, 3.05) is 7.11 Å². The second-order valence-electron chi connectivity index (χ2n) is 5.14. The molecule has 0 amide bonds. The molecule has 0 aliphatic rings. The maximum Gasteiger partial charge on any atom is 0.166 e. The van der Waals surface area contributed by atoms with Crippen LogP contribution in [-0.4, -0.2) is 23.0 Å². The second kappa shape index (κ2) is 7.27. The van der Waals surface area contributed by atoms with Gasteiger partial charge in [0.05, 0.1) is 12.7 Å². The summed E-state index contributed by atoms with van der Waals surface area (Å²) in [6.07, 6.45) is 2.26. The van der Waals surface area contributed by atoms with Gasteiger partial charge >= 0.3 is 0 Å². The lowest BCUT2D eigenvalue weighted by Gasteiger charge is -2.03. The van der Waals surface area contributed by atoms with Crippen LogP contribution in [0.3, 0.4) is 0 Å². The number of para-hydroxylation sites is 1. The molecule has 0 N–H and O–H groups in total. The lowest BCUT2D eigenvalue weighted by Crippen LogP contribution is -2.02. The fourth-order valence-corrected chi connectivity index (χ4v) is 2.60. The van der Waals surface area contributed by atoms with E-state index in [-0.39, 0.29) is 17.4 Å². The minimum atomic E-state index is -0.0802. The summed E-state index contributed by atoms with van der Waals surface area (Å²) in [5.41, 5.74) is 1.94. The van der Waals surface area contributed by atoms with Crippen LogP contribution in [0.1, 0.15) is 22.5 Å². The monoisotopic (exact) mass is 342 g/mol. The molecule has 0 aliphatic heterocycles. The second-order valence-corrected chi connectivity index (χ2v) is 5.50. The lowest BCUT2D eigenvalue weighted by atomic mass is 10.1. The maximum atomic E-state index is 12.2. The van der Waals surface area contributed by atoms with E-state index in [4.69, 9.17) is 20.9 Å². The summed E-state index contributed by atoms with van der Waals surface area (Å²) in [4.78, 5) is 16.1. The van der Waals surface area contributed by atoms with Crippen molar-refractivity contribution in [2.24, 2.45) is 0 Å². The Kier molecular flexibility index (Phi) is 4.91. The molecule has 0 spiro atoms. The van der Waals surface area contributed by atoms with Gasteiger partial charge in [-0.2, -0.15) is 0 Å². The van der Waals surface area contributed by atoms with E-state index in [1.807, 2.05) is 30.3 Å². The Morgan fingerprint density at radius 1 is 1.25 bits per heavy atom.